The molecular formula is C7H10F3NOS. The summed E-state index contributed by atoms with van der Waals surface area (Å²) in [6.45, 7) is -0.882. The molecule has 1 aliphatic heterocycles. The molecule has 1 heterocycles. The fourth-order valence-electron chi connectivity index (χ4n) is 1.30. The predicted molar refractivity (Wildman–Crippen MR) is 44.6 cm³/mol. The van der Waals surface area contributed by atoms with Crippen molar-refractivity contribution in [1.29, 1.82) is 0 Å². The average Bonchev–Trinajstić information content (AvgIpc) is 2.30. The summed E-state index contributed by atoms with van der Waals surface area (Å²) in [5.41, 5.74) is 0. The van der Waals surface area contributed by atoms with Crippen LogP contribution in [0, 0.1) is 0 Å². The summed E-state index contributed by atoms with van der Waals surface area (Å²) in [7, 11) is 0. The predicted octanol–water partition coefficient (Wildman–Crippen LogP) is 1.51. The van der Waals surface area contributed by atoms with Gasteiger partial charge in [0.2, 0.25) is 5.91 Å². The smallest absolute Gasteiger partial charge is 0.333 e. The normalized spacial score (nSPS) is 24.2. The summed E-state index contributed by atoms with van der Waals surface area (Å²) >= 11 is 1.31. The monoisotopic (exact) mass is 213 g/mol. The molecule has 6 heteroatoms. The SMILES string of the molecule is CSC1CCN(CC(F)(F)F)C1=O. The lowest BCUT2D eigenvalue weighted by Gasteiger charge is -2.17. The Balaban J connectivity index is 2.51. The molecule has 0 aromatic heterocycles. The molecule has 0 aromatic carbocycles. The van der Waals surface area contributed by atoms with Crippen LogP contribution < -0.4 is 0 Å². The van der Waals surface area contributed by atoms with Crippen LogP contribution in [-0.2, 0) is 4.79 Å². The van der Waals surface area contributed by atoms with Crippen LogP contribution in [0.3, 0.4) is 0 Å². The summed E-state index contributed by atoms with van der Waals surface area (Å²) in [5.74, 6) is -0.384. The molecule has 1 unspecified atom stereocenters. The van der Waals surface area contributed by atoms with E-state index < -0.39 is 12.7 Å². The topological polar surface area (TPSA) is 20.3 Å². The van der Waals surface area contributed by atoms with Gasteiger partial charge in [0.25, 0.3) is 0 Å². The molecule has 1 saturated heterocycles. The lowest BCUT2D eigenvalue weighted by molar-refractivity contribution is -0.157. The second-order valence-electron chi connectivity index (χ2n) is 2.89. The quantitative estimate of drug-likeness (QED) is 0.693. The van der Waals surface area contributed by atoms with E-state index in [0.717, 1.165) is 4.90 Å². The molecule has 1 atom stereocenters. The van der Waals surface area contributed by atoms with Gasteiger partial charge in [-0.25, -0.2) is 0 Å². The Morgan fingerprint density at radius 1 is 1.62 bits per heavy atom. The van der Waals surface area contributed by atoms with Gasteiger partial charge < -0.3 is 4.90 Å². The molecule has 0 N–H and O–H groups in total. The van der Waals surface area contributed by atoms with Gasteiger partial charge in [0.05, 0.1) is 5.25 Å². The molecule has 2 nitrogen and oxygen atoms in total. The fourth-order valence-corrected chi connectivity index (χ4v) is 1.99. The zero-order chi connectivity index (χ0) is 10.1. The molecule has 0 saturated carbocycles. The van der Waals surface area contributed by atoms with Crippen LogP contribution in [0.5, 0.6) is 0 Å². The Bertz CT molecular complexity index is 206. The van der Waals surface area contributed by atoms with Gasteiger partial charge in [0, 0.05) is 6.54 Å². The highest BCUT2D eigenvalue weighted by atomic mass is 32.2. The van der Waals surface area contributed by atoms with E-state index in [9.17, 15) is 18.0 Å². The molecule has 1 amide bonds. The number of carbonyl (C=O) groups is 1. The summed E-state index contributed by atoms with van der Waals surface area (Å²) in [4.78, 5) is 12.1. The first-order valence-corrected chi connectivity index (χ1v) is 5.11. The molecular weight excluding hydrogens is 203 g/mol. The number of alkyl halides is 3. The Morgan fingerprint density at radius 3 is 2.62 bits per heavy atom. The Labute approximate surface area is 78.5 Å². The van der Waals surface area contributed by atoms with Crippen LogP contribution in [0.15, 0.2) is 0 Å². The standard InChI is InChI=1S/C7H10F3NOS/c1-13-5-2-3-11(6(5)12)4-7(8,9)10/h5H,2-4H2,1H3. The van der Waals surface area contributed by atoms with Crippen molar-refractivity contribution in [3.05, 3.63) is 0 Å². The third kappa shape index (κ3) is 2.79. The molecule has 1 rings (SSSR count). The highest BCUT2D eigenvalue weighted by molar-refractivity contribution is 7.99. The van der Waals surface area contributed by atoms with E-state index in [1.165, 1.54) is 11.8 Å². The minimum atomic E-state index is -4.27. The van der Waals surface area contributed by atoms with Crippen molar-refractivity contribution in [3.63, 3.8) is 0 Å². The van der Waals surface area contributed by atoms with Crippen LogP contribution in [0.2, 0.25) is 0 Å². The number of nitrogens with zero attached hydrogens (tertiary/aromatic N) is 1. The molecule has 1 fully saturated rings. The number of amides is 1. The summed E-state index contributed by atoms with van der Waals surface area (Å²) in [6, 6.07) is 0. The Kier molecular flexibility index (Phi) is 3.10. The van der Waals surface area contributed by atoms with Crippen molar-refractivity contribution in [3.8, 4) is 0 Å². The first-order valence-electron chi connectivity index (χ1n) is 3.82. The molecule has 0 radical (unpaired) electrons. The van der Waals surface area contributed by atoms with Crippen molar-refractivity contribution in [2.24, 2.45) is 0 Å². The lowest BCUT2D eigenvalue weighted by atomic mass is 10.4. The van der Waals surface area contributed by atoms with E-state index in [-0.39, 0.29) is 17.7 Å². The number of likely N-dealkylation sites (tertiary alicyclic amines) is 1. The van der Waals surface area contributed by atoms with Crippen molar-refractivity contribution < 1.29 is 18.0 Å². The second-order valence-corrected chi connectivity index (χ2v) is 3.93. The van der Waals surface area contributed by atoms with Crippen molar-refractivity contribution >= 4 is 17.7 Å². The molecule has 0 aromatic rings. The first-order chi connectivity index (χ1) is 5.94. The largest absolute Gasteiger partial charge is 0.406 e. The third-order valence-electron chi connectivity index (χ3n) is 1.90. The van der Waals surface area contributed by atoms with Gasteiger partial charge in [-0.15, -0.1) is 0 Å². The molecule has 1 aliphatic rings. The number of rotatable bonds is 2. The van der Waals surface area contributed by atoms with E-state index >= 15 is 0 Å². The zero-order valence-corrected chi connectivity index (χ0v) is 7.91. The fraction of sp³-hybridized carbons (Fsp3) is 0.857. The van der Waals surface area contributed by atoms with Gasteiger partial charge in [-0.2, -0.15) is 24.9 Å². The Hall–Kier alpha value is -0.390. The van der Waals surface area contributed by atoms with Crippen molar-refractivity contribution in [2.75, 3.05) is 19.3 Å². The van der Waals surface area contributed by atoms with Gasteiger partial charge >= 0.3 is 6.18 Å². The lowest BCUT2D eigenvalue weighted by Crippen LogP contribution is -2.36. The molecule has 0 aliphatic carbocycles. The van der Waals surface area contributed by atoms with Crippen LogP contribution in [-0.4, -0.2) is 41.6 Å². The van der Waals surface area contributed by atoms with Crippen molar-refractivity contribution in [1.82, 2.24) is 4.90 Å². The number of hydrogen-bond donors (Lipinski definition) is 0. The highest BCUT2D eigenvalue weighted by Gasteiger charge is 2.38. The summed E-state index contributed by atoms with van der Waals surface area (Å²) in [6.07, 6.45) is -2.02. The second kappa shape index (κ2) is 3.77. The average molecular weight is 213 g/mol. The summed E-state index contributed by atoms with van der Waals surface area (Å²) < 4.78 is 35.7. The minimum Gasteiger partial charge on any atom is -0.333 e. The Morgan fingerprint density at radius 2 is 2.23 bits per heavy atom. The highest BCUT2D eigenvalue weighted by Crippen LogP contribution is 2.25. The number of halogens is 3. The van der Waals surface area contributed by atoms with E-state index in [0.29, 0.717) is 6.42 Å². The van der Waals surface area contributed by atoms with Gasteiger partial charge in [-0.1, -0.05) is 0 Å². The minimum absolute atomic E-state index is 0.226. The molecule has 13 heavy (non-hydrogen) atoms. The first kappa shape index (κ1) is 10.7. The molecule has 76 valence electrons. The van der Waals surface area contributed by atoms with Crippen LogP contribution in [0.1, 0.15) is 6.42 Å². The van der Waals surface area contributed by atoms with E-state index in [4.69, 9.17) is 0 Å². The number of hydrogen-bond acceptors (Lipinski definition) is 2. The maximum absolute atomic E-state index is 11.9. The van der Waals surface area contributed by atoms with E-state index in [2.05, 4.69) is 0 Å². The van der Waals surface area contributed by atoms with Gasteiger partial charge in [-0.3, -0.25) is 4.79 Å². The van der Waals surface area contributed by atoms with Crippen molar-refractivity contribution in [2.45, 2.75) is 17.8 Å². The van der Waals surface area contributed by atoms with Gasteiger partial charge in [0.1, 0.15) is 6.54 Å². The van der Waals surface area contributed by atoms with Crippen LogP contribution in [0.25, 0.3) is 0 Å². The summed E-state index contributed by atoms with van der Waals surface area (Å²) in [5, 5.41) is -0.276. The third-order valence-corrected chi connectivity index (χ3v) is 2.91. The maximum Gasteiger partial charge on any atom is 0.406 e. The van der Waals surface area contributed by atoms with Gasteiger partial charge in [0.15, 0.2) is 0 Å². The van der Waals surface area contributed by atoms with Gasteiger partial charge in [-0.05, 0) is 12.7 Å². The zero-order valence-electron chi connectivity index (χ0n) is 7.10. The van der Waals surface area contributed by atoms with E-state index in [1.807, 2.05) is 0 Å². The van der Waals surface area contributed by atoms with Crippen LogP contribution >= 0.6 is 11.8 Å². The molecule has 0 bridgehead atoms. The number of carbonyl (C=O) groups excluding carboxylic acids is 1. The van der Waals surface area contributed by atoms with Crippen LogP contribution in [0.4, 0.5) is 13.2 Å². The number of thioether (sulfide) groups is 1. The maximum atomic E-state index is 11.9. The molecule has 0 spiro atoms. The van der Waals surface area contributed by atoms with E-state index in [1.54, 1.807) is 6.26 Å².